The molecular weight excluding hydrogens is 312 g/mol. The first-order valence-electron chi connectivity index (χ1n) is 7.66. The minimum atomic E-state index is -0.702. The molecule has 1 amide bonds. The van der Waals surface area contributed by atoms with Crippen LogP contribution in [0.5, 0.6) is 0 Å². The number of hydrogen-bond acceptors (Lipinski definition) is 5. The van der Waals surface area contributed by atoms with Gasteiger partial charge in [-0.25, -0.2) is 9.78 Å². The molecule has 1 aliphatic rings. The van der Waals surface area contributed by atoms with Gasteiger partial charge in [0.05, 0.1) is 5.69 Å². The second kappa shape index (κ2) is 6.91. The van der Waals surface area contributed by atoms with Crippen LogP contribution in [-0.2, 0) is 9.53 Å². The predicted molar refractivity (Wildman–Crippen MR) is 88.4 cm³/mol. The number of carbonyl (C=O) groups excluding carboxylic acids is 2. The first kappa shape index (κ1) is 15.7. The fourth-order valence-corrected chi connectivity index (χ4v) is 3.45. The highest BCUT2D eigenvalue weighted by Gasteiger charge is 2.27. The van der Waals surface area contributed by atoms with Crippen molar-refractivity contribution >= 4 is 23.2 Å². The summed E-state index contributed by atoms with van der Waals surface area (Å²) in [6.07, 6.45) is 1.65. The summed E-state index contributed by atoms with van der Waals surface area (Å²) in [5.41, 5.74) is 1.60. The Balaban J connectivity index is 1.77. The van der Waals surface area contributed by atoms with Gasteiger partial charge in [0.2, 0.25) is 0 Å². The third kappa shape index (κ3) is 3.59. The van der Waals surface area contributed by atoms with E-state index in [0.717, 1.165) is 23.4 Å². The molecule has 1 saturated heterocycles. The molecule has 1 unspecified atom stereocenters. The quantitative estimate of drug-likeness (QED) is 0.879. The van der Waals surface area contributed by atoms with Crippen molar-refractivity contribution in [1.29, 1.82) is 0 Å². The zero-order valence-electron chi connectivity index (χ0n) is 12.9. The molecule has 0 spiro atoms. The van der Waals surface area contributed by atoms with E-state index in [0.29, 0.717) is 23.5 Å². The normalized spacial score (nSPS) is 18.1. The zero-order chi connectivity index (χ0) is 16.2. The molecule has 2 heterocycles. The van der Waals surface area contributed by atoms with Gasteiger partial charge in [0.25, 0.3) is 5.91 Å². The predicted octanol–water partition coefficient (Wildman–Crippen LogP) is 2.94. The molecular formula is C17H18N2O3S. The summed E-state index contributed by atoms with van der Waals surface area (Å²) in [5, 5.41) is 3.55. The summed E-state index contributed by atoms with van der Waals surface area (Å²) in [6.45, 7) is 2.43. The van der Waals surface area contributed by atoms with Gasteiger partial charge in [0.15, 0.2) is 6.10 Å². The van der Waals surface area contributed by atoms with Crippen LogP contribution in [0.25, 0.3) is 10.6 Å². The second-order valence-corrected chi connectivity index (χ2v) is 6.48. The van der Waals surface area contributed by atoms with Crippen LogP contribution in [0.4, 0.5) is 0 Å². The lowest BCUT2D eigenvalue weighted by Gasteiger charge is -2.13. The van der Waals surface area contributed by atoms with Gasteiger partial charge in [0.1, 0.15) is 9.88 Å². The fourth-order valence-electron chi connectivity index (χ4n) is 2.50. The molecule has 0 saturated carbocycles. The Morgan fingerprint density at radius 1 is 1.30 bits per heavy atom. The van der Waals surface area contributed by atoms with Crippen LogP contribution >= 0.6 is 11.3 Å². The van der Waals surface area contributed by atoms with Gasteiger partial charge in [-0.15, -0.1) is 11.3 Å². The van der Waals surface area contributed by atoms with E-state index in [1.165, 1.54) is 11.3 Å². The highest BCUT2D eigenvalue weighted by atomic mass is 32.1. The standard InChI is InChI=1S/C17H18N2O3S/c1-11-14(23-16(19-11)12-7-3-2-4-8-12)17(21)22-13-9-5-6-10-18-15(13)20/h2-4,7-8,13H,5-6,9-10H2,1H3,(H,18,20). The summed E-state index contributed by atoms with van der Waals surface area (Å²) >= 11 is 1.30. The molecule has 2 aromatic rings. The van der Waals surface area contributed by atoms with Gasteiger partial charge < -0.3 is 10.1 Å². The second-order valence-electron chi connectivity index (χ2n) is 5.48. The Hall–Kier alpha value is -2.21. The number of benzene rings is 1. The van der Waals surface area contributed by atoms with Gasteiger partial charge in [-0.3, -0.25) is 4.79 Å². The molecule has 1 fully saturated rings. The molecule has 1 aromatic heterocycles. The SMILES string of the molecule is Cc1nc(-c2ccccc2)sc1C(=O)OC1CCCCNC1=O. The van der Waals surface area contributed by atoms with Gasteiger partial charge in [-0.05, 0) is 26.2 Å². The summed E-state index contributed by atoms with van der Waals surface area (Å²) in [4.78, 5) is 29.2. The molecule has 0 radical (unpaired) electrons. The maximum Gasteiger partial charge on any atom is 0.351 e. The van der Waals surface area contributed by atoms with Crippen molar-refractivity contribution < 1.29 is 14.3 Å². The number of rotatable bonds is 3. The van der Waals surface area contributed by atoms with Gasteiger partial charge >= 0.3 is 5.97 Å². The Bertz CT molecular complexity index is 712. The van der Waals surface area contributed by atoms with Crippen molar-refractivity contribution in [3.63, 3.8) is 0 Å². The molecule has 0 bridgehead atoms. The van der Waals surface area contributed by atoms with E-state index in [1.54, 1.807) is 6.92 Å². The topological polar surface area (TPSA) is 68.3 Å². The molecule has 6 heteroatoms. The molecule has 23 heavy (non-hydrogen) atoms. The molecule has 0 aliphatic carbocycles. The number of hydrogen-bond donors (Lipinski definition) is 1. The third-order valence-electron chi connectivity index (χ3n) is 3.74. The summed E-state index contributed by atoms with van der Waals surface area (Å²) in [7, 11) is 0. The van der Waals surface area contributed by atoms with Crippen LogP contribution in [0.2, 0.25) is 0 Å². The number of carbonyl (C=O) groups is 2. The van der Waals surface area contributed by atoms with Crippen molar-refractivity contribution in [2.75, 3.05) is 6.54 Å². The highest BCUT2D eigenvalue weighted by molar-refractivity contribution is 7.17. The molecule has 1 aromatic carbocycles. The summed E-state index contributed by atoms with van der Waals surface area (Å²) < 4.78 is 5.42. The maximum absolute atomic E-state index is 12.4. The maximum atomic E-state index is 12.4. The molecule has 1 N–H and O–H groups in total. The van der Waals surface area contributed by atoms with Crippen LogP contribution in [-0.4, -0.2) is 29.5 Å². The number of thiazole rings is 1. The largest absolute Gasteiger partial charge is 0.448 e. The van der Waals surface area contributed by atoms with Crippen LogP contribution < -0.4 is 5.32 Å². The smallest absolute Gasteiger partial charge is 0.351 e. The third-order valence-corrected chi connectivity index (χ3v) is 4.92. The van der Waals surface area contributed by atoms with Crippen molar-refractivity contribution in [2.24, 2.45) is 0 Å². The lowest BCUT2D eigenvalue weighted by molar-refractivity contribution is -0.129. The van der Waals surface area contributed by atoms with Crippen LogP contribution in [0, 0.1) is 6.92 Å². The lowest BCUT2D eigenvalue weighted by atomic mass is 10.2. The minimum absolute atomic E-state index is 0.207. The first-order valence-corrected chi connectivity index (χ1v) is 8.48. The van der Waals surface area contributed by atoms with Crippen molar-refractivity contribution in [1.82, 2.24) is 10.3 Å². The van der Waals surface area contributed by atoms with Crippen molar-refractivity contribution in [3.8, 4) is 10.6 Å². The average Bonchev–Trinajstić information content (AvgIpc) is 2.84. The minimum Gasteiger partial charge on any atom is -0.448 e. The van der Waals surface area contributed by atoms with Crippen LogP contribution in [0.3, 0.4) is 0 Å². The highest BCUT2D eigenvalue weighted by Crippen LogP contribution is 2.28. The van der Waals surface area contributed by atoms with Gasteiger partial charge in [-0.1, -0.05) is 30.3 Å². The Morgan fingerprint density at radius 2 is 2.09 bits per heavy atom. The summed E-state index contributed by atoms with van der Waals surface area (Å²) in [5.74, 6) is -0.675. The molecule has 1 aliphatic heterocycles. The monoisotopic (exact) mass is 330 g/mol. The fraction of sp³-hybridized carbons (Fsp3) is 0.353. The zero-order valence-corrected chi connectivity index (χ0v) is 13.7. The molecule has 3 rings (SSSR count). The number of nitrogens with zero attached hydrogens (tertiary/aromatic N) is 1. The van der Waals surface area contributed by atoms with E-state index in [9.17, 15) is 9.59 Å². The molecule has 120 valence electrons. The van der Waals surface area contributed by atoms with Crippen LogP contribution in [0.1, 0.15) is 34.6 Å². The number of aromatic nitrogens is 1. The molecule has 1 atom stereocenters. The van der Waals surface area contributed by atoms with E-state index < -0.39 is 12.1 Å². The van der Waals surface area contributed by atoms with Gasteiger partial charge in [-0.2, -0.15) is 0 Å². The van der Waals surface area contributed by atoms with E-state index in [4.69, 9.17) is 4.74 Å². The number of nitrogens with one attached hydrogen (secondary N) is 1. The number of aryl methyl sites for hydroxylation is 1. The summed E-state index contributed by atoms with van der Waals surface area (Å²) in [6, 6.07) is 9.70. The van der Waals surface area contributed by atoms with E-state index in [1.807, 2.05) is 30.3 Å². The number of esters is 1. The van der Waals surface area contributed by atoms with Crippen molar-refractivity contribution in [3.05, 3.63) is 40.9 Å². The van der Waals surface area contributed by atoms with E-state index in [2.05, 4.69) is 10.3 Å². The molecule has 5 nitrogen and oxygen atoms in total. The van der Waals surface area contributed by atoms with E-state index in [-0.39, 0.29) is 5.91 Å². The lowest BCUT2D eigenvalue weighted by Crippen LogP contribution is -2.36. The number of amides is 1. The van der Waals surface area contributed by atoms with Crippen molar-refractivity contribution in [2.45, 2.75) is 32.3 Å². The van der Waals surface area contributed by atoms with E-state index >= 15 is 0 Å². The van der Waals surface area contributed by atoms with Crippen LogP contribution in [0.15, 0.2) is 30.3 Å². The Kier molecular flexibility index (Phi) is 4.71. The number of ether oxygens (including phenoxy) is 1. The Labute approximate surface area is 138 Å². The Morgan fingerprint density at radius 3 is 2.87 bits per heavy atom. The van der Waals surface area contributed by atoms with Gasteiger partial charge in [0, 0.05) is 12.1 Å². The average molecular weight is 330 g/mol. The first-order chi connectivity index (χ1) is 11.1.